The fraction of sp³-hybridized carbons (Fsp3) is 0.381. The Hall–Kier alpha value is -2.42. The molecule has 1 fully saturated rings. The van der Waals surface area contributed by atoms with Gasteiger partial charge in [-0.05, 0) is 63.1 Å². The Morgan fingerprint density at radius 2 is 1.90 bits per heavy atom. The number of nitrogens with one attached hydrogen (secondary N) is 2. The van der Waals surface area contributed by atoms with Crippen LogP contribution >= 0.6 is 0 Å². The van der Waals surface area contributed by atoms with Crippen molar-refractivity contribution in [3.05, 3.63) is 54.1 Å². The van der Waals surface area contributed by atoms with Crippen LogP contribution in [0.1, 0.15) is 37.0 Å². The number of hydrogen-bond donors (Lipinski definition) is 2. The topological polar surface area (TPSA) is 93.7 Å². The van der Waals surface area contributed by atoms with E-state index in [9.17, 15) is 13.2 Å². The van der Waals surface area contributed by atoms with E-state index in [1.807, 2.05) is 13.8 Å². The highest BCUT2D eigenvalue weighted by molar-refractivity contribution is 7.89. The molecule has 2 N–H and O–H groups in total. The molecule has 1 unspecified atom stereocenters. The molecule has 1 saturated heterocycles. The lowest BCUT2D eigenvalue weighted by molar-refractivity contribution is 0.102. The lowest BCUT2D eigenvalue weighted by Crippen LogP contribution is -2.31. The van der Waals surface area contributed by atoms with E-state index >= 15 is 0 Å². The fourth-order valence-electron chi connectivity index (χ4n) is 3.02. The molecular formula is C21H26N2O5S. The van der Waals surface area contributed by atoms with E-state index in [4.69, 9.17) is 9.47 Å². The van der Waals surface area contributed by atoms with Crippen LogP contribution in [-0.2, 0) is 14.8 Å². The fourth-order valence-corrected chi connectivity index (χ4v) is 4.08. The summed E-state index contributed by atoms with van der Waals surface area (Å²) in [6.07, 6.45) is 1.67. The van der Waals surface area contributed by atoms with Gasteiger partial charge in [-0.15, -0.1) is 0 Å². The predicted octanol–water partition coefficient (Wildman–Crippen LogP) is 3.18. The number of anilines is 1. The molecule has 156 valence electrons. The summed E-state index contributed by atoms with van der Waals surface area (Å²) >= 11 is 0. The van der Waals surface area contributed by atoms with Crippen LogP contribution in [0.4, 0.5) is 5.69 Å². The average molecular weight is 419 g/mol. The van der Waals surface area contributed by atoms with Gasteiger partial charge in [0, 0.05) is 18.8 Å². The smallest absolute Gasteiger partial charge is 0.259 e. The number of sulfonamides is 1. The number of rotatable bonds is 8. The second-order valence-electron chi connectivity index (χ2n) is 7.13. The van der Waals surface area contributed by atoms with Crippen LogP contribution in [0, 0.1) is 0 Å². The maximum Gasteiger partial charge on any atom is 0.259 e. The molecule has 2 aromatic carbocycles. The van der Waals surface area contributed by atoms with Gasteiger partial charge in [-0.25, -0.2) is 13.1 Å². The molecule has 0 radical (unpaired) electrons. The van der Waals surface area contributed by atoms with Gasteiger partial charge in [-0.1, -0.05) is 12.1 Å². The van der Waals surface area contributed by atoms with Crippen molar-refractivity contribution in [3.63, 3.8) is 0 Å². The third-order valence-corrected chi connectivity index (χ3v) is 5.88. The molecule has 1 heterocycles. The monoisotopic (exact) mass is 418 g/mol. The van der Waals surface area contributed by atoms with Crippen LogP contribution in [0.25, 0.3) is 0 Å². The van der Waals surface area contributed by atoms with Crippen LogP contribution in [0.15, 0.2) is 53.4 Å². The Balaban J connectivity index is 1.65. The van der Waals surface area contributed by atoms with E-state index in [2.05, 4.69) is 10.0 Å². The normalized spacial score (nSPS) is 16.7. The molecular weight excluding hydrogens is 392 g/mol. The third kappa shape index (κ3) is 5.79. The zero-order valence-electron chi connectivity index (χ0n) is 16.6. The number of para-hydroxylation sites is 1. The molecule has 7 nitrogen and oxygen atoms in total. The Labute approximate surface area is 171 Å². The number of hydrogen-bond acceptors (Lipinski definition) is 5. The summed E-state index contributed by atoms with van der Waals surface area (Å²) in [5.41, 5.74) is 0.906. The maximum atomic E-state index is 12.6. The average Bonchev–Trinajstić information content (AvgIpc) is 3.20. The zero-order chi connectivity index (χ0) is 20.9. The maximum absolute atomic E-state index is 12.6. The first kappa shape index (κ1) is 21.3. The summed E-state index contributed by atoms with van der Waals surface area (Å²) < 4.78 is 38.5. The Bertz CT molecular complexity index is 936. The van der Waals surface area contributed by atoms with E-state index in [1.54, 1.807) is 36.4 Å². The van der Waals surface area contributed by atoms with Crippen LogP contribution in [-0.4, -0.2) is 39.7 Å². The molecule has 2 aromatic rings. The molecule has 0 saturated carbocycles. The standard InChI is InChI=1S/C21H26N2O5S/c1-15(2)28-20-8-4-3-7-19(20)21(24)23-16-9-11-18(12-10-16)29(25,26)22-14-17-6-5-13-27-17/h3-4,7-12,15,17,22H,5-6,13-14H2,1-2H3,(H,23,24). The minimum absolute atomic E-state index is 0.0597. The van der Waals surface area contributed by atoms with Crippen molar-refractivity contribution in [2.24, 2.45) is 0 Å². The number of ether oxygens (including phenoxy) is 2. The van der Waals surface area contributed by atoms with E-state index < -0.39 is 10.0 Å². The van der Waals surface area contributed by atoms with Crippen LogP contribution in [0.3, 0.4) is 0 Å². The predicted molar refractivity (Wildman–Crippen MR) is 111 cm³/mol. The molecule has 1 atom stereocenters. The first-order valence-corrected chi connectivity index (χ1v) is 11.1. The van der Waals surface area contributed by atoms with Gasteiger partial charge in [0.1, 0.15) is 5.75 Å². The molecule has 0 aliphatic carbocycles. The molecule has 3 rings (SSSR count). The van der Waals surface area contributed by atoms with Crippen molar-refractivity contribution in [2.45, 2.75) is 43.8 Å². The summed E-state index contributed by atoms with van der Waals surface area (Å²) in [5, 5.41) is 2.77. The highest BCUT2D eigenvalue weighted by atomic mass is 32.2. The number of amides is 1. The van der Waals surface area contributed by atoms with Gasteiger partial charge in [0.05, 0.1) is 22.7 Å². The number of benzene rings is 2. The highest BCUT2D eigenvalue weighted by Gasteiger charge is 2.20. The van der Waals surface area contributed by atoms with Crippen molar-refractivity contribution in [2.75, 3.05) is 18.5 Å². The van der Waals surface area contributed by atoms with Crippen molar-refractivity contribution < 1.29 is 22.7 Å². The zero-order valence-corrected chi connectivity index (χ0v) is 17.4. The second kappa shape index (κ2) is 9.39. The van der Waals surface area contributed by atoms with Gasteiger partial charge in [0.25, 0.3) is 5.91 Å². The summed E-state index contributed by atoms with van der Waals surface area (Å²) in [6, 6.07) is 13.0. The Morgan fingerprint density at radius 3 is 2.55 bits per heavy atom. The SMILES string of the molecule is CC(C)Oc1ccccc1C(=O)Nc1ccc(S(=O)(=O)NCC2CCCO2)cc1. The number of carbonyl (C=O) groups excluding carboxylic acids is 1. The summed E-state index contributed by atoms with van der Waals surface area (Å²) in [5.74, 6) is 0.172. The molecule has 0 bridgehead atoms. The second-order valence-corrected chi connectivity index (χ2v) is 8.90. The van der Waals surface area contributed by atoms with E-state index in [-0.39, 0.29) is 29.6 Å². The lowest BCUT2D eigenvalue weighted by atomic mass is 10.1. The molecule has 1 aliphatic heterocycles. The van der Waals surface area contributed by atoms with Gasteiger partial charge < -0.3 is 14.8 Å². The molecule has 8 heteroatoms. The van der Waals surface area contributed by atoms with Crippen LogP contribution < -0.4 is 14.8 Å². The van der Waals surface area contributed by atoms with Crippen LogP contribution in [0.5, 0.6) is 5.75 Å². The number of carbonyl (C=O) groups is 1. The Morgan fingerprint density at radius 1 is 1.17 bits per heavy atom. The molecule has 1 amide bonds. The lowest BCUT2D eigenvalue weighted by Gasteiger charge is -2.14. The highest BCUT2D eigenvalue weighted by Crippen LogP contribution is 2.22. The first-order valence-electron chi connectivity index (χ1n) is 9.63. The molecule has 29 heavy (non-hydrogen) atoms. The minimum atomic E-state index is -3.63. The van der Waals surface area contributed by atoms with Crippen LogP contribution in [0.2, 0.25) is 0 Å². The van der Waals surface area contributed by atoms with Crippen molar-refractivity contribution in [1.29, 1.82) is 0 Å². The third-order valence-electron chi connectivity index (χ3n) is 4.44. The van der Waals surface area contributed by atoms with Gasteiger partial charge in [0.2, 0.25) is 10.0 Å². The van der Waals surface area contributed by atoms with Gasteiger partial charge in [-0.3, -0.25) is 4.79 Å². The van der Waals surface area contributed by atoms with Gasteiger partial charge >= 0.3 is 0 Å². The van der Waals surface area contributed by atoms with E-state index in [0.29, 0.717) is 23.6 Å². The van der Waals surface area contributed by atoms with E-state index in [1.165, 1.54) is 12.1 Å². The van der Waals surface area contributed by atoms with Crippen molar-refractivity contribution in [3.8, 4) is 5.75 Å². The summed E-state index contributed by atoms with van der Waals surface area (Å²) in [6.45, 7) is 4.71. The van der Waals surface area contributed by atoms with Crippen molar-refractivity contribution >= 4 is 21.6 Å². The van der Waals surface area contributed by atoms with E-state index in [0.717, 1.165) is 12.8 Å². The van der Waals surface area contributed by atoms with Gasteiger partial charge in [0.15, 0.2) is 0 Å². The summed E-state index contributed by atoms with van der Waals surface area (Å²) in [7, 11) is -3.63. The molecule has 0 spiro atoms. The Kier molecular flexibility index (Phi) is 6.89. The van der Waals surface area contributed by atoms with Gasteiger partial charge in [-0.2, -0.15) is 0 Å². The minimum Gasteiger partial charge on any atom is -0.490 e. The quantitative estimate of drug-likeness (QED) is 0.687. The van der Waals surface area contributed by atoms with Crippen molar-refractivity contribution in [1.82, 2.24) is 4.72 Å². The largest absolute Gasteiger partial charge is 0.490 e. The first-order chi connectivity index (χ1) is 13.8. The summed E-state index contributed by atoms with van der Waals surface area (Å²) in [4.78, 5) is 12.7. The molecule has 1 aliphatic rings. The molecule has 0 aromatic heterocycles.